The lowest BCUT2D eigenvalue weighted by Gasteiger charge is -2.22. The van der Waals surface area contributed by atoms with E-state index in [1.54, 1.807) is 19.2 Å². The third kappa shape index (κ3) is 6.92. The molecule has 2 rings (SSSR count). The van der Waals surface area contributed by atoms with Crippen molar-refractivity contribution >= 4 is 57.5 Å². The van der Waals surface area contributed by atoms with Gasteiger partial charge in [-0.2, -0.15) is 0 Å². The molecule has 6 nitrogen and oxygen atoms in total. The molecule has 0 saturated heterocycles. The molecule has 2 N–H and O–H groups in total. The van der Waals surface area contributed by atoms with Crippen LogP contribution in [0.4, 0.5) is 5.69 Å². The fraction of sp³-hybridized carbons (Fsp3) is 0.263. The third-order valence-electron chi connectivity index (χ3n) is 3.77. The van der Waals surface area contributed by atoms with Crippen molar-refractivity contribution in [1.82, 2.24) is 14.8 Å². The lowest BCUT2D eigenvalue weighted by atomic mass is 10.2. The van der Waals surface area contributed by atoms with Crippen LogP contribution in [0.25, 0.3) is 0 Å². The van der Waals surface area contributed by atoms with E-state index in [9.17, 15) is 4.79 Å². The molecular weight excluding hydrogens is 521 g/mol. The monoisotopic (exact) mass is 543 g/mol. The Morgan fingerprint density at radius 1 is 1.41 bits per heavy atom. The summed E-state index contributed by atoms with van der Waals surface area (Å²) in [6.07, 6.45) is 7.37. The molecule has 1 amide bonds. The fourth-order valence-corrected chi connectivity index (χ4v) is 3.05. The molecule has 0 bridgehead atoms. The van der Waals surface area contributed by atoms with E-state index in [-0.39, 0.29) is 36.4 Å². The first kappa shape index (κ1) is 23.0. The molecule has 1 aromatic carbocycles. The van der Waals surface area contributed by atoms with E-state index < -0.39 is 0 Å². The number of terminal acetylenes is 1. The Hall–Kier alpha value is -1.99. The number of guanidine groups is 1. The molecule has 0 atom stereocenters. The van der Waals surface area contributed by atoms with Crippen LogP contribution < -0.4 is 10.6 Å². The summed E-state index contributed by atoms with van der Waals surface area (Å²) in [5.41, 5.74) is 2.52. The number of halogens is 2. The zero-order chi connectivity index (χ0) is 19.1. The van der Waals surface area contributed by atoms with Gasteiger partial charge >= 0.3 is 0 Å². The molecule has 1 aromatic heterocycles. The number of aryl methyl sites for hydroxylation is 1. The van der Waals surface area contributed by atoms with Crippen molar-refractivity contribution < 1.29 is 4.79 Å². The molecule has 0 aliphatic rings. The first-order valence-corrected chi connectivity index (χ1v) is 8.81. The molecule has 1 heterocycles. The number of amides is 1. The average Bonchev–Trinajstić information content (AvgIpc) is 2.92. The van der Waals surface area contributed by atoms with E-state index in [4.69, 9.17) is 6.42 Å². The highest BCUT2D eigenvalue weighted by Gasteiger charge is 2.11. The van der Waals surface area contributed by atoms with Crippen LogP contribution in [0.1, 0.15) is 11.3 Å². The van der Waals surface area contributed by atoms with E-state index in [2.05, 4.69) is 43.5 Å². The number of rotatable bonds is 5. The first-order valence-electron chi connectivity index (χ1n) is 8.02. The summed E-state index contributed by atoms with van der Waals surface area (Å²) < 4.78 is 3.07. The smallest absolute Gasteiger partial charge is 0.243 e. The molecule has 0 aliphatic carbocycles. The lowest BCUT2D eigenvalue weighted by Crippen LogP contribution is -2.42. The number of aromatic nitrogens is 1. The van der Waals surface area contributed by atoms with Gasteiger partial charge in [-0.25, -0.2) is 0 Å². The molecule has 8 heteroatoms. The topological polar surface area (TPSA) is 61.7 Å². The summed E-state index contributed by atoms with van der Waals surface area (Å²) in [5.74, 6) is 3.01. The van der Waals surface area contributed by atoms with Crippen molar-refractivity contribution in [2.45, 2.75) is 6.54 Å². The highest BCUT2D eigenvalue weighted by atomic mass is 127. The number of benzene rings is 1. The number of anilines is 1. The zero-order valence-corrected chi connectivity index (χ0v) is 19.4. The predicted molar refractivity (Wildman–Crippen MR) is 124 cm³/mol. The first-order chi connectivity index (χ1) is 12.4. The summed E-state index contributed by atoms with van der Waals surface area (Å²) in [6, 6.07) is 9.23. The SMILES string of the molecule is C#Cc1cccc(NC(=O)CNC(=NC)N(C)Cc2cc(Br)cn2C)c1.I. The number of aliphatic imine (C=N–C) groups is 1. The summed E-state index contributed by atoms with van der Waals surface area (Å²) in [5, 5.41) is 5.88. The number of nitrogens with zero attached hydrogens (tertiary/aromatic N) is 3. The molecule has 0 spiro atoms. The number of nitrogens with one attached hydrogen (secondary N) is 2. The van der Waals surface area contributed by atoms with Crippen molar-refractivity contribution in [2.24, 2.45) is 12.0 Å². The minimum Gasteiger partial charge on any atom is -0.352 e. The van der Waals surface area contributed by atoms with Crippen molar-refractivity contribution in [3.05, 3.63) is 52.3 Å². The van der Waals surface area contributed by atoms with E-state index in [1.165, 1.54) is 0 Å². The molecule has 0 fully saturated rings. The van der Waals surface area contributed by atoms with Crippen LogP contribution in [0, 0.1) is 12.3 Å². The van der Waals surface area contributed by atoms with Gasteiger partial charge < -0.3 is 20.1 Å². The summed E-state index contributed by atoms with van der Waals surface area (Å²) in [7, 11) is 5.60. The third-order valence-corrected chi connectivity index (χ3v) is 4.20. The summed E-state index contributed by atoms with van der Waals surface area (Å²) >= 11 is 3.47. The Kier molecular flexibility index (Phi) is 9.38. The van der Waals surface area contributed by atoms with Crippen molar-refractivity contribution in [2.75, 3.05) is 26.0 Å². The minimum atomic E-state index is -0.171. The van der Waals surface area contributed by atoms with E-state index in [1.807, 2.05) is 41.9 Å². The second-order valence-electron chi connectivity index (χ2n) is 5.79. The Morgan fingerprint density at radius 2 is 2.15 bits per heavy atom. The van der Waals surface area contributed by atoms with Gasteiger partial charge in [0.2, 0.25) is 5.91 Å². The predicted octanol–water partition coefficient (Wildman–Crippen LogP) is 3.03. The normalized spacial score (nSPS) is 10.6. The van der Waals surface area contributed by atoms with Gasteiger partial charge in [0.1, 0.15) is 0 Å². The fourth-order valence-electron chi connectivity index (χ4n) is 2.48. The number of carbonyl (C=O) groups excluding carboxylic acids is 1. The number of hydrogen-bond donors (Lipinski definition) is 2. The van der Waals surface area contributed by atoms with Gasteiger partial charge in [-0.15, -0.1) is 30.4 Å². The van der Waals surface area contributed by atoms with Crippen molar-refractivity contribution in [3.8, 4) is 12.3 Å². The van der Waals surface area contributed by atoms with Gasteiger partial charge in [0.15, 0.2) is 5.96 Å². The lowest BCUT2D eigenvalue weighted by molar-refractivity contribution is -0.115. The Morgan fingerprint density at radius 3 is 2.74 bits per heavy atom. The number of carbonyl (C=O) groups is 1. The van der Waals surface area contributed by atoms with Gasteiger partial charge in [0.25, 0.3) is 0 Å². The summed E-state index contributed by atoms with van der Waals surface area (Å²) in [4.78, 5) is 18.3. The molecule has 0 saturated carbocycles. The molecule has 0 radical (unpaired) electrons. The molecule has 144 valence electrons. The quantitative estimate of drug-likeness (QED) is 0.264. The van der Waals surface area contributed by atoms with Gasteiger partial charge in [-0.05, 0) is 40.2 Å². The van der Waals surface area contributed by atoms with Crippen LogP contribution in [0.15, 0.2) is 46.0 Å². The Labute approximate surface area is 185 Å². The van der Waals surface area contributed by atoms with Crippen LogP contribution in [-0.4, -0.2) is 42.0 Å². The van der Waals surface area contributed by atoms with Crippen LogP contribution >= 0.6 is 39.9 Å². The minimum absolute atomic E-state index is 0. The molecule has 0 unspecified atom stereocenters. The Bertz CT molecular complexity index is 856. The second-order valence-corrected chi connectivity index (χ2v) is 6.71. The van der Waals surface area contributed by atoms with Gasteiger partial charge in [-0.1, -0.05) is 12.0 Å². The van der Waals surface area contributed by atoms with Gasteiger partial charge in [0, 0.05) is 48.8 Å². The molecule has 0 aliphatic heterocycles. The van der Waals surface area contributed by atoms with Gasteiger partial charge in [-0.3, -0.25) is 9.79 Å². The van der Waals surface area contributed by atoms with Crippen molar-refractivity contribution in [1.29, 1.82) is 0 Å². The molecule has 27 heavy (non-hydrogen) atoms. The number of hydrogen-bond acceptors (Lipinski definition) is 2. The highest BCUT2D eigenvalue weighted by molar-refractivity contribution is 14.0. The van der Waals surface area contributed by atoms with Gasteiger partial charge in [0.05, 0.1) is 13.1 Å². The zero-order valence-electron chi connectivity index (χ0n) is 15.5. The van der Waals surface area contributed by atoms with Crippen LogP contribution in [0.3, 0.4) is 0 Å². The maximum absolute atomic E-state index is 12.2. The van der Waals surface area contributed by atoms with Crippen LogP contribution in [-0.2, 0) is 18.4 Å². The largest absolute Gasteiger partial charge is 0.352 e. The summed E-state index contributed by atoms with van der Waals surface area (Å²) in [6.45, 7) is 0.766. The van der Waals surface area contributed by atoms with Crippen molar-refractivity contribution in [3.63, 3.8) is 0 Å². The van der Waals surface area contributed by atoms with E-state index in [0.717, 1.165) is 15.7 Å². The average molecular weight is 544 g/mol. The Balaban J connectivity index is 0.00000364. The highest BCUT2D eigenvalue weighted by Crippen LogP contribution is 2.15. The molecular formula is C19H23BrIN5O. The maximum atomic E-state index is 12.2. The van der Waals surface area contributed by atoms with E-state index >= 15 is 0 Å². The second kappa shape index (κ2) is 11.0. The van der Waals surface area contributed by atoms with Crippen LogP contribution in [0.2, 0.25) is 0 Å². The standard InChI is InChI=1S/C19H22BrN5O.HI/c1-5-14-7-6-8-16(9-14)23-18(26)11-22-19(21-2)25(4)13-17-10-15(20)12-24(17)3;/h1,6-10,12H,11,13H2,2-4H3,(H,21,22)(H,23,26);1H. The van der Waals surface area contributed by atoms with Crippen LogP contribution in [0.5, 0.6) is 0 Å². The van der Waals surface area contributed by atoms with E-state index in [0.29, 0.717) is 18.2 Å². The molecule has 2 aromatic rings. The maximum Gasteiger partial charge on any atom is 0.243 e.